The van der Waals surface area contributed by atoms with E-state index in [1.165, 1.54) is 4.57 Å². The van der Waals surface area contributed by atoms with Crippen LogP contribution in [-0.2, 0) is 11.3 Å². The lowest BCUT2D eigenvalue weighted by atomic mass is 9.96. The zero-order valence-electron chi connectivity index (χ0n) is 15.3. The van der Waals surface area contributed by atoms with Crippen molar-refractivity contribution in [2.75, 3.05) is 19.8 Å². The topological polar surface area (TPSA) is 81.7 Å². The molecule has 7 heteroatoms. The van der Waals surface area contributed by atoms with Crippen molar-refractivity contribution in [2.24, 2.45) is 0 Å². The molecule has 29 heavy (non-hydrogen) atoms. The number of nitrogens with zero attached hydrogens (tertiary/aromatic N) is 1. The van der Waals surface area contributed by atoms with E-state index in [4.69, 9.17) is 14.3 Å². The van der Waals surface area contributed by atoms with Crippen LogP contribution in [0.15, 0.2) is 60.9 Å². The molecule has 0 unspecified atom stereocenters. The summed E-state index contributed by atoms with van der Waals surface area (Å²) >= 11 is 3.50. The summed E-state index contributed by atoms with van der Waals surface area (Å²) in [6, 6.07) is 13.0. The molecule has 0 aliphatic carbocycles. The molecule has 0 spiro atoms. The van der Waals surface area contributed by atoms with Crippen molar-refractivity contribution in [2.45, 2.75) is 6.54 Å². The molecule has 2 heterocycles. The average molecular weight is 454 g/mol. The highest BCUT2D eigenvalue weighted by molar-refractivity contribution is 9.10. The van der Waals surface area contributed by atoms with Gasteiger partial charge in [-0.15, -0.1) is 0 Å². The number of pyridine rings is 1. The van der Waals surface area contributed by atoms with E-state index < -0.39 is 0 Å². The molecule has 0 saturated carbocycles. The number of aliphatic hydroxyl groups is 1. The van der Waals surface area contributed by atoms with E-state index in [1.807, 2.05) is 24.3 Å². The van der Waals surface area contributed by atoms with E-state index in [-0.39, 0.29) is 37.5 Å². The number of rotatable bonds is 5. The van der Waals surface area contributed by atoms with Gasteiger partial charge in [-0.05, 0) is 41.8 Å². The summed E-state index contributed by atoms with van der Waals surface area (Å²) in [4.78, 5) is 26.1. The predicted molar refractivity (Wildman–Crippen MR) is 116 cm³/mol. The number of fused-ring (bicyclic) bond motifs is 2. The SMILES string of the molecule is O=c1c2ccc3oc4ccc(Br)cc4c4ccc(c(=O)n1CCOCCO)c2c34. The van der Waals surface area contributed by atoms with Crippen molar-refractivity contribution in [3.63, 3.8) is 0 Å². The molecule has 0 saturated heterocycles. The number of hydrogen-bond acceptors (Lipinski definition) is 5. The minimum Gasteiger partial charge on any atom is -0.456 e. The quantitative estimate of drug-likeness (QED) is 0.249. The van der Waals surface area contributed by atoms with Gasteiger partial charge in [-0.3, -0.25) is 14.2 Å². The number of hydrogen-bond donors (Lipinski definition) is 1. The van der Waals surface area contributed by atoms with Gasteiger partial charge in [0, 0.05) is 31.4 Å². The number of benzene rings is 3. The fraction of sp³-hybridized carbons (Fsp3) is 0.182. The fourth-order valence-electron chi connectivity index (χ4n) is 3.96. The summed E-state index contributed by atoms with van der Waals surface area (Å²) in [5, 5.41) is 13.0. The standard InChI is InChI=1S/C22H16BrNO5/c23-12-1-5-17-16(11-12)13-2-3-14-19-15(4-6-18(29-17)20(13)19)22(27)24(21(14)26)7-9-28-10-8-25/h1-6,11,25H,7-10H2. The zero-order chi connectivity index (χ0) is 20.1. The maximum atomic E-state index is 13.1. The molecule has 0 amide bonds. The molecule has 146 valence electrons. The summed E-state index contributed by atoms with van der Waals surface area (Å²) in [5.41, 5.74) is 0.674. The van der Waals surface area contributed by atoms with Gasteiger partial charge in [0.1, 0.15) is 11.2 Å². The van der Waals surface area contributed by atoms with Crippen molar-refractivity contribution >= 4 is 59.4 Å². The average Bonchev–Trinajstić information content (AvgIpc) is 2.73. The highest BCUT2D eigenvalue weighted by atomic mass is 79.9. The van der Waals surface area contributed by atoms with Crippen LogP contribution in [0.25, 0.3) is 43.5 Å². The van der Waals surface area contributed by atoms with Crippen LogP contribution in [0.1, 0.15) is 0 Å². The van der Waals surface area contributed by atoms with Gasteiger partial charge in [0.2, 0.25) is 0 Å². The Labute approximate surface area is 172 Å². The molecule has 1 N–H and O–H groups in total. The molecule has 0 aliphatic heterocycles. The predicted octanol–water partition coefficient (Wildman–Crippen LogP) is 3.62. The van der Waals surface area contributed by atoms with Crippen LogP contribution < -0.4 is 11.1 Å². The Morgan fingerprint density at radius 3 is 2.31 bits per heavy atom. The number of aromatic nitrogens is 1. The van der Waals surface area contributed by atoms with Gasteiger partial charge in [0.15, 0.2) is 0 Å². The Balaban J connectivity index is 1.85. The minimum absolute atomic E-state index is 0.104. The van der Waals surface area contributed by atoms with Gasteiger partial charge in [-0.2, -0.15) is 0 Å². The maximum Gasteiger partial charge on any atom is 0.261 e. The first-order chi connectivity index (χ1) is 14.1. The van der Waals surface area contributed by atoms with E-state index in [0.717, 1.165) is 26.2 Å². The van der Waals surface area contributed by atoms with Gasteiger partial charge in [-0.25, -0.2) is 0 Å². The Hall–Kier alpha value is -2.74. The molecule has 0 radical (unpaired) electrons. The second-order valence-corrected chi connectivity index (χ2v) is 7.78. The Kier molecular flexibility index (Phi) is 4.38. The third kappa shape index (κ3) is 2.77. The van der Waals surface area contributed by atoms with Gasteiger partial charge in [0.05, 0.1) is 26.4 Å². The number of aliphatic hydroxyl groups excluding tert-OH is 1. The first-order valence-corrected chi connectivity index (χ1v) is 10.0. The lowest BCUT2D eigenvalue weighted by Gasteiger charge is -2.14. The maximum absolute atomic E-state index is 13.1. The molecular weight excluding hydrogens is 438 g/mol. The molecule has 5 aromatic rings. The molecule has 0 aliphatic rings. The van der Waals surface area contributed by atoms with Crippen LogP contribution in [0.3, 0.4) is 0 Å². The van der Waals surface area contributed by atoms with Crippen LogP contribution >= 0.6 is 15.9 Å². The van der Waals surface area contributed by atoms with Crippen molar-refractivity contribution in [3.8, 4) is 0 Å². The van der Waals surface area contributed by atoms with Crippen molar-refractivity contribution < 1.29 is 14.3 Å². The summed E-state index contributed by atoms with van der Waals surface area (Å²) in [6.45, 7) is 0.375. The lowest BCUT2D eigenvalue weighted by molar-refractivity contribution is 0.0863. The monoisotopic (exact) mass is 453 g/mol. The Morgan fingerprint density at radius 2 is 1.55 bits per heavy atom. The van der Waals surface area contributed by atoms with Gasteiger partial charge >= 0.3 is 0 Å². The molecule has 0 bridgehead atoms. The van der Waals surface area contributed by atoms with E-state index in [9.17, 15) is 9.59 Å². The van der Waals surface area contributed by atoms with Gasteiger partial charge in [-0.1, -0.05) is 22.0 Å². The summed E-state index contributed by atoms with van der Waals surface area (Å²) in [7, 11) is 0. The Morgan fingerprint density at radius 1 is 0.862 bits per heavy atom. The Bertz CT molecular complexity index is 1470. The van der Waals surface area contributed by atoms with Crippen molar-refractivity contribution in [1.29, 1.82) is 0 Å². The van der Waals surface area contributed by atoms with E-state index >= 15 is 0 Å². The lowest BCUT2D eigenvalue weighted by Crippen LogP contribution is -2.34. The summed E-state index contributed by atoms with van der Waals surface area (Å²) in [5.74, 6) is 0. The molecule has 3 aromatic carbocycles. The van der Waals surface area contributed by atoms with E-state index in [0.29, 0.717) is 21.7 Å². The number of ether oxygens (including phenoxy) is 1. The van der Waals surface area contributed by atoms with Crippen molar-refractivity contribution in [3.05, 3.63) is 67.6 Å². The largest absolute Gasteiger partial charge is 0.456 e. The zero-order valence-corrected chi connectivity index (χ0v) is 16.9. The first-order valence-electron chi connectivity index (χ1n) is 9.22. The van der Waals surface area contributed by atoms with Crippen LogP contribution in [0, 0.1) is 0 Å². The fourth-order valence-corrected chi connectivity index (χ4v) is 4.32. The minimum atomic E-state index is -0.348. The smallest absolute Gasteiger partial charge is 0.261 e. The van der Waals surface area contributed by atoms with Gasteiger partial charge in [0.25, 0.3) is 11.1 Å². The third-order valence-corrected chi connectivity index (χ3v) is 5.71. The second kappa shape index (κ2) is 6.95. The van der Waals surface area contributed by atoms with Crippen molar-refractivity contribution in [1.82, 2.24) is 4.57 Å². The van der Waals surface area contributed by atoms with Crippen LogP contribution in [-0.4, -0.2) is 29.5 Å². The molecule has 6 nitrogen and oxygen atoms in total. The molecule has 0 fully saturated rings. The second-order valence-electron chi connectivity index (χ2n) is 6.86. The summed E-state index contributed by atoms with van der Waals surface area (Å²) < 4.78 is 13.4. The molecule has 0 atom stereocenters. The molecule has 2 aromatic heterocycles. The molecule has 5 rings (SSSR count). The van der Waals surface area contributed by atoms with Crippen LogP contribution in [0.5, 0.6) is 0 Å². The highest BCUT2D eigenvalue weighted by Gasteiger charge is 2.18. The normalized spacial score (nSPS) is 12.1. The van der Waals surface area contributed by atoms with E-state index in [1.54, 1.807) is 18.2 Å². The highest BCUT2D eigenvalue weighted by Crippen LogP contribution is 2.37. The van der Waals surface area contributed by atoms with Crippen LogP contribution in [0.2, 0.25) is 0 Å². The number of halogens is 1. The van der Waals surface area contributed by atoms with E-state index in [2.05, 4.69) is 15.9 Å². The third-order valence-electron chi connectivity index (χ3n) is 5.22. The first kappa shape index (κ1) is 18.3. The molecular formula is C22H16BrNO5. The van der Waals surface area contributed by atoms with Crippen LogP contribution in [0.4, 0.5) is 0 Å². The summed E-state index contributed by atoms with van der Waals surface area (Å²) in [6.07, 6.45) is 0. The van der Waals surface area contributed by atoms with Gasteiger partial charge < -0.3 is 14.3 Å².